The van der Waals surface area contributed by atoms with Gasteiger partial charge in [-0.25, -0.2) is 4.39 Å². The fraction of sp³-hybridized carbons (Fsp3) is 0.222. The summed E-state index contributed by atoms with van der Waals surface area (Å²) >= 11 is 0. The van der Waals surface area contributed by atoms with Gasteiger partial charge < -0.3 is 10.1 Å². The number of nitrogens with one attached hydrogen (secondary N) is 1. The van der Waals surface area contributed by atoms with Gasteiger partial charge in [0, 0.05) is 0 Å². The highest BCUT2D eigenvalue weighted by molar-refractivity contribution is 6.05. The molecule has 124 valence electrons. The molecule has 0 aromatic heterocycles. The number of carbonyl (C=O) groups is 2. The quantitative estimate of drug-likeness (QED) is 0.942. The number of hydrogen-bond donors (Lipinski definition) is 1. The highest BCUT2D eigenvalue weighted by Crippen LogP contribution is 2.32. The molecule has 5 nitrogen and oxygen atoms in total. The Kier molecular flexibility index (Phi) is 4.20. The van der Waals surface area contributed by atoms with Crippen molar-refractivity contribution >= 4 is 23.2 Å². The highest BCUT2D eigenvalue weighted by Gasteiger charge is 2.27. The first kappa shape index (κ1) is 16.0. The molecule has 1 aliphatic heterocycles. The summed E-state index contributed by atoms with van der Waals surface area (Å²) in [6.07, 6.45) is 0. The van der Waals surface area contributed by atoms with E-state index in [1.165, 1.54) is 11.0 Å². The van der Waals surface area contributed by atoms with Crippen LogP contribution in [0.2, 0.25) is 0 Å². The van der Waals surface area contributed by atoms with E-state index in [2.05, 4.69) is 5.32 Å². The Labute approximate surface area is 139 Å². The van der Waals surface area contributed by atoms with Gasteiger partial charge in [-0.05, 0) is 49.2 Å². The third-order valence-corrected chi connectivity index (χ3v) is 3.76. The highest BCUT2D eigenvalue weighted by atomic mass is 19.1. The van der Waals surface area contributed by atoms with E-state index < -0.39 is 11.7 Å². The first-order chi connectivity index (χ1) is 11.4. The molecule has 24 heavy (non-hydrogen) atoms. The van der Waals surface area contributed by atoms with Gasteiger partial charge in [-0.1, -0.05) is 12.1 Å². The summed E-state index contributed by atoms with van der Waals surface area (Å²) in [5.74, 6) is -0.747. The molecule has 0 saturated heterocycles. The van der Waals surface area contributed by atoms with Crippen LogP contribution < -0.4 is 15.0 Å². The van der Waals surface area contributed by atoms with E-state index in [0.29, 0.717) is 11.4 Å². The van der Waals surface area contributed by atoms with Gasteiger partial charge in [0.2, 0.25) is 5.91 Å². The van der Waals surface area contributed by atoms with Gasteiger partial charge in [-0.2, -0.15) is 0 Å². The fourth-order valence-corrected chi connectivity index (χ4v) is 2.55. The summed E-state index contributed by atoms with van der Waals surface area (Å²) in [5, 5.41) is 2.52. The summed E-state index contributed by atoms with van der Waals surface area (Å²) < 4.78 is 19.1. The van der Waals surface area contributed by atoms with Gasteiger partial charge >= 0.3 is 0 Å². The van der Waals surface area contributed by atoms with Crippen LogP contribution in [0.3, 0.4) is 0 Å². The lowest BCUT2D eigenvalue weighted by Gasteiger charge is -2.29. The monoisotopic (exact) mass is 328 g/mol. The molecular weight excluding hydrogens is 311 g/mol. The maximum absolute atomic E-state index is 13.8. The second-order valence-electron chi connectivity index (χ2n) is 5.77. The number of aryl methyl sites for hydroxylation is 2. The minimum absolute atomic E-state index is 0.102. The number of benzene rings is 2. The minimum Gasteiger partial charge on any atom is -0.482 e. The van der Waals surface area contributed by atoms with Crippen LogP contribution in [0, 0.1) is 19.7 Å². The Hall–Kier alpha value is -2.89. The summed E-state index contributed by atoms with van der Waals surface area (Å²) in [7, 11) is 0. The van der Waals surface area contributed by atoms with Gasteiger partial charge in [0.15, 0.2) is 6.61 Å². The third kappa shape index (κ3) is 3.22. The number of carbonyl (C=O) groups excluding carboxylic acids is 2. The van der Waals surface area contributed by atoms with Crippen LogP contribution in [0.15, 0.2) is 36.4 Å². The lowest BCUT2D eigenvalue weighted by atomic mass is 10.1. The predicted octanol–water partition coefficient (Wildman–Crippen LogP) is 2.81. The van der Waals surface area contributed by atoms with E-state index in [1.807, 2.05) is 13.0 Å². The number of rotatable bonds is 3. The zero-order chi connectivity index (χ0) is 17.3. The largest absolute Gasteiger partial charge is 0.482 e. The number of hydrogen-bond acceptors (Lipinski definition) is 3. The van der Waals surface area contributed by atoms with Gasteiger partial charge in [0.1, 0.15) is 18.1 Å². The summed E-state index contributed by atoms with van der Waals surface area (Å²) in [5.41, 5.74) is 2.42. The van der Waals surface area contributed by atoms with Gasteiger partial charge in [-0.3, -0.25) is 14.5 Å². The molecule has 0 unspecified atom stereocenters. The molecule has 0 atom stereocenters. The third-order valence-electron chi connectivity index (χ3n) is 3.76. The van der Waals surface area contributed by atoms with Gasteiger partial charge in [-0.15, -0.1) is 0 Å². The number of nitrogens with zero attached hydrogens (tertiary/aromatic N) is 1. The molecule has 0 saturated carbocycles. The fourth-order valence-electron chi connectivity index (χ4n) is 2.55. The molecule has 1 heterocycles. The number of halogens is 1. The molecule has 2 amide bonds. The summed E-state index contributed by atoms with van der Waals surface area (Å²) in [4.78, 5) is 25.8. The van der Waals surface area contributed by atoms with Crippen molar-refractivity contribution < 1.29 is 18.7 Å². The first-order valence-corrected chi connectivity index (χ1v) is 7.54. The predicted molar refractivity (Wildman–Crippen MR) is 88.8 cm³/mol. The van der Waals surface area contributed by atoms with Crippen molar-refractivity contribution in [3.05, 3.63) is 53.3 Å². The number of fused-ring (bicyclic) bond motifs is 1. The van der Waals surface area contributed by atoms with Gasteiger partial charge in [0.05, 0.1) is 11.4 Å². The lowest BCUT2D eigenvalue weighted by Crippen LogP contribution is -2.43. The SMILES string of the molecule is Cc1ccc(F)c(NC(=O)CN2C(=O)COc3ccc(C)cc32)c1. The van der Waals surface area contributed by atoms with Crippen LogP contribution in [0.1, 0.15) is 11.1 Å². The van der Waals surface area contributed by atoms with Crippen molar-refractivity contribution in [1.82, 2.24) is 0 Å². The molecule has 0 spiro atoms. The Morgan fingerprint density at radius 3 is 2.71 bits per heavy atom. The zero-order valence-corrected chi connectivity index (χ0v) is 13.4. The molecule has 2 aromatic carbocycles. The molecule has 6 heteroatoms. The standard InChI is InChI=1S/C18H17FN2O3/c1-11-3-5-13(19)14(7-11)20-17(22)9-21-15-8-12(2)4-6-16(15)24-10-18(21)23/h3-8H,9-10H2,1-2H3,(H,20,22). The molecule has 0 aliphatic carbocycles. The van der Waals surface area contributed by atoms with Crippen molar-refractivity contribution in [2.24, 2.45) is 0 Å². The summed E-state index contributed by atoms with van der Waals surface area (Å²) in [6, 6.07) is 9.88. The van der Waals surface area contributed by atoms with Crippen LogP contribution in [-0.2, 0) is 9.59 Å². The van der Waals surface area contributed by atoms with Crippen LogP contribution in [-0.4, -0.2) is 25.0 Å². The van der Waals surface area contributed by atoms with Crippen molar-refractivity contribution in [1.29, 1.82) is 0 Å². The maximum Gasteiger partial charge on any atom is 0.265 e. The molecule has 3 rings (SSSR count). The average molecular weight is 328 g/mol. The zero-order valence-electron chi connectivity index (χ0n) is 13.4. The average Bonchev–Trinajstić information content (AvgIpc) is 2.54. The minimum atomic E-state index is -0.515. The lowest BCUT2D eigenvalue weighted by molar-refractivity contribution is -0.123. The van der Waals surface area contributed by atoms with E-state index in [-0.39, 0.29) is 24.7 Å². The van der Waals surface area contributed by atoms with Crippen LogP contribution in [0.5, 0.6) is 5.75 Å². The molecule has 2 aromatic rings. The first-order valence-electron chi connectivity index (χ1n) is 7.54. The molecule has 1 aliphatic rings. The van der Waals surface area contributed by atoms with Crippen molar-refractivity contribution in [3.8, 4) is 5.75 Å². The van der Waals surface area contributed by atoms with Crippen LogP contribution in [0.4, 0.5) is 15.8 Å². The van der Waals surface area contributed by atoms with Gasteiger partial charge in [0.25, 0.3) is 5.91 Å². The molecule has 0 fully saturated rings. The Balaban J connectivity index is 1.80. The Bertz CT molecular complexity index is 820. The number of amides is 2. The maximum atomic E-state index is 13.8. The normalized spacial score (nSPS) is 13.3. The molecule has 0 radical (unpaired) electrons. The second-order valence-corrected chi connectivity index (χ2v) is 5.77. The molecule has 1 N–H and O–H groups in total. The van der Waals surface area contributed by atoms with Crippen molar-refractivity contribution in [3.63, 3.8) is 0 Å². The van der Waals surface area contributed by atoms with E-state index in [9.17, 15) is 14.0 Å². The Morgan fingerprint density at radius 1 is 1.21 bits per heavy atom. The topological polar surface area (TPSA) is 58.6 Å². The van der Waals surface area contributed by atoms with E-state index >= 15 is 0 Å². The van der Waals surface area contributed by atoms with Crippen LogP contribution in [0.25, 0.3) is 0 Å². The van der Waals surface area contributed by atoms with E-state index in [4.69, 9.17) is 4.74 Å². The molecule has 0 bridgehead atoms. The van der Waals surface area contributed by atoms with E-state index in [1.54, 1.807) is 31.2 Å². The smallest absolute Gasteiger partial charge is 0.265 e. The molecular formula is C18H17FN2O3. The number of anilines is 2. The van der Waals surface area contributed by atoms with Crippen molar-refractivity contribution in [2.45, 2.75) is 13.8 Å². The van der Waals surface area contributed by atoms with Crippen molar-refractivity contribution in [2.75, 3.05) is 23.4 Å². The second kappa shape index (κ2) is 6.31. The van der Waals surface area contributed by atoms with E-state index in [0.717, 1.165) is 11.1 Å². The summed E-state index contributed by atoms with van der Waals surface area (Å²) in [6.45, 7) is 3.37. The Morgan fingerprint density at radius 2 is 1.92 bits per heavy atom. The number of ether oxygens (including phenoxy) is 1. The van der Waals surface area contributed by atoms with Crippen LogP contribution >= 0.6 is 0 Å².